The predicted octanol–water partition coefficient (Wildman–Crippen LogP) is 2.22. The van der Waals surface area contributed by atoms with Crippen LogP contribution in [-0.2, 0) is 9.67 Å². The van der Waals surface area contributed by atoms with Gasteiger partial charge in [0.05, 0.1) is 7.11 Å². The number of thioether (sulfide) groups is 1. The summed E-state index contributed by atoms with van der Waals surface area (Å²) in [7, 11) is 1.67. The van der Waals surface area contributed by atoms with E-state index in [1.165, 1.54) is 5.56 Å². The number of carbonyl (C=O) groups excluding carboxylic acids is 1. The molecular weight excluding hydrogens is 234 g/mol. The van der Waals surface area contributed by atoms with E-state index in [9.17, 15) is 4.79 Å². The smallest absolute Gasteiger partial charge is 0.224 e. The molecule has 2 saturated heterocycles. The van der Waals surface area contributed by atoms with Gasteiger partial charge in [0.15, 0.2) is 0 Å². The van der Waals surface area contributed by atoms with Crippen molar-refractivity contribution in [1.29, 1.82) is 0 Å². The number of rotatable bonds is 2. The number of amides is 1. The van der Waals surface area contributed by atoms with Gasteiger partial charge in [0.1, 0.15) is 10.6 Å². The SMILES string of the molecule is COc1ccc([C@]23CCC(=O)N2CCS3)cc1. The zero-order valence-electron chi connectivity index (χ0n) is 9.81. The fourth-order valence-electron chi connectivity index (χ4n) is 2.74. The number of fused-ring (bicyclic) bond motifs is 1. The molecule has 90 valence electrons. The second-order valence-corrected chi connectivity index (χ2v) is 5.78. The number of hydrogen-bond acceptors (Lipinski definition) is 3. The van der Waals surface area contributed by atoms with Gasteiger partial charge in [-0.1, -0.05) is 12.1 Å². The van der Waals surface area contributed by atoms with Crippen LogP contribution in [0.5, 0.6) is 5.75 Å². The van der Waals surface area contributed by atoms with Gasteiger partial charge in [-0.15, -0.1) is 11.8 Å². The molecule has 0 N–H and O–H groups in total. The Morgan fingerprint density at radius 2 is 2.12 bits per heavy atom. The Bertz CT molecular complexity index is 445. The van der Waals surface area contributed by atoms with Crippen molar-refractivity contribution in [2.24, 2.45) is 0 Å². The van der Waals surface area contributed by atoms with Gasteiger partial charge in [-0.2, -0.15) is 0 Å². The highest BCUT2D eigenvalue weighted by Crippen LogP contribution is 2.52. The molecule has 1 aromatic rings. The lowest BCUT2D eigenvalue weighted by atomic mass is 10.0. The molecule has 17 heavy (non-hydrogen) atoms. The molecule has 2 aliphatic heterocycles. The van der Waals surface area contributed by atoms with Crippen molar-refractivity contribution in [3.63, 3.8) is 0 Å². The number of methoxy groups -OCH3 is 1. The third-order valence-electron chi connectivity index (χ3n) is 3.61. The largest absolute Gasteiger partial charge is 0.497 e. The van der Waals surface area contributed by atoms with Gasteiger partial charge < -0.3 is 9.64 Å². The van der Waals surface area contributed by atoms with E-state index in [0.29, 0.717) is 12.3 Å². The number of hydrogen-bond donors (Lipinski definition) is 0. The first-order valence-corrected chi connectivity index (χ1v) is 6.84. The molecule has 0 saturated carbocycles. The van der Waals surface area contributed by atoms with E-state index in [1.54, 1.807) is 7.11 Å². The van der Waals surface area contributed by atoms with E-state index in [-0.39, 0.29) is 4.87 Å². The van der Waals surface area contributed by atoms with Crippen molar-refractivity contribution in [3.05, 3.63) is 29.8 Å². The zero-order valence-corrected chi connectivity index (χ0v) is 10.6. The van der Waals surface area contributed by atoms with Crippen LogP contribution in [0, 0.1) is 0 Å². The van der Waals surface area contributed by atoms with Gasteiger partial charge in [-0.25, -0.2) is 0 Å². The molecule has 0 aliphatic carbocycles. The highest BCUT2D eigenvalue weighted by atomic mass is 32.2. The molecule has 0 bridgehead atoms. The standard InChI is InChI=1S/C13H15NO2S/c1-16-11-4-2-10(3-5-11)13-7-6-12(15)14(13)8-9-17-13/h2-5H,6-9H2,1H3/t13-/m1/s1. The number of ether oxygens (including phenoxy) is 1. The van der Waals surface area contributed by atoms with E-state index in [0.717, 1.165) is 24.5 Å². The number of benzene rings is 1. The molecular formula is C13H15NO2S. The second-order valence-electron chi connectivity index (χ2n) is 4.41. The Kier molecular flexibility index (Phi) is 2.54. The first-order valence-electron chi connectivity index (χ1n) is 5.85. The number of carbonyl (C=O) groups is 1. The van der Waals surface area contributed by atoms with Crippen molar-refractivity contribution in [3.8, 4) is 5.75 Å². The van der Waals surface area contributed by atoms with E-state index in [1.807, 2.05) is 28.8 Å². The Morgan fingerprint density at radius 1 is 1.35 bits per heavy atom. The van der Waals surface area contributed by atoms with Crippen LogP contribution < -0.4 is 4.74 Å². The summed E-state index contributed by atoms with van der Waals surface area (Å²) in [6, 6.07) is 8.12. The molecule has 0 radical (unpaired) electrons. The van der Waals surface area contributed by atoms with Crippen LogP contribution >= 0.6 is 11.8 Å². The van der Waals surface area contributed by atoms with Crippen molar-refractivity contribution >= 4 is 17.7 Å². The molecule has 1 aromatic carbocycles. The summed E-state index contributed by atoms with van der Waals surface area (Å²) in [5.74, 6) is 2.20. The van der Waals surface area contributed by atoms with Gasteiger partial charge in [-0.05, 0) is 24.1 Å². The molecule has 2 heterocycles. The molecule has 2 aliphatic rings. The maximum Gasteiger partial charge on any atom is 0.224 e. The van der Waals surface area contributed by atoms with Crippen molar-refractivity contribution in [1.82, 2.24) is 4.90 Å². The molecule has 3 nitrogen and oxygen atoms in total. The third-order valence-corrected chi connectivity index (χ3v) is 5.14. The van der Waals surface area contributed by atoms with Crippen molar-refractivity contribution in [2.45, 2.75) is 17.7 Å². The molecule has 1 amide bonds. The molecule has 0 spiro atoms. The van der Waals surface area contributed by atoms with Crippen LogP contribution in [0.2, 0.25) is 0 Å². The lowest BCUT2D eigenvalue weighted by Gasteiger charge is -2.31. The highest BCUT2D eigenvalue weighted by molar-refractivity contribution is 8.00. The van der Waals surface area contributed by atoms with Crippen LogP contribution in [0.3, 0.4) is 0 Å². The first kappa shape index (κ1) is 11.0. The lowest BCUT2D eigenvalue weighted by Crippen LogP contribution is -2.36. The quantitative estimate of drug-likeness (QED) is 0.805. The van der Waals surface area contributed by atoms with E-state index >= 15 is 0 Å². The Morgan fingerprint density at radius 3 is 2.82 bits per heavy atom. The lowest BCUT2D eigenvalue weighted by molar-refractivity contribution is -0.128. The van der Waals surface area contributed by atoms with Gasteiger partial charge in [-0.3, -0.25) is 4.79 Å². The molecule has 0 aromatic heterocycles. The summed E-state index contributed by atoms with van der Waals surface area (Å²) in [4.78, 5) is 13.8. The zero-order chi connectivity index (χ0) is 11.9. The minimum absolute atomic E-state index is 0.0939. The maximum absolute atomic E-state index is 11.8. The van der Waals surface area contributed by atoms with Crippen molar-refractivity contribution in [2.75, 3.05) is 19.4 Å². The van der Waals surface area contributed by atoms with Gasteiger partial charge in [0, 0.05) is 18.7 Å². The van der Waals surface area contributed by atoms with Crippen LogP contribution in [0.1, 0.15) is 18.4 Å². The topological polar surface area (TPSA) is 29.5 Å². The Balaban J connectivity index is 1.98. The average Bonchev–Trinajstić information content (AvgIpc) is 2.92. The normalized spacial score (nSPS) is 27.4. The minimum Gasteiger partial charge on any atom is -0.497 e. The second kappa shape index (κ2) is 3.95. The first-order chi connectivity index (χ1) is 8.26. The predicted molar refractivity (Wildman–Crippen MR) is 68.1 cm³/mol. The summed E-state index contributed by atoms with van der Waals surface area (Å²) in [5, 5.41) is 0. The van der Waals surface area contributed by atoms with E-state index < -0.39 is 0 Å². The van der Waals surface area contributed by atoms with Crippen LogP contribution in [-0.4, -0.2) is 30.2 Å². The van der Waals surface area contributed by atoms with Gasteiger partial charge >= 0.3 is 0 Å². The molecule has 0 unspecified atom stereocenters. The van der Waals surface area contributed by atoms with Crippen molar-refractivity contribution < 1.29 is 9.53 Å². The fourth-order valence-corrected chi connectivity index (χ4v) is 4.25. The van der Waals surface area contributed by atoms with Crippen LogP contribution in [0.4, 0.5) is 0 Å². The third kappa shape index (κ3) is 1.54. The van der Waals surface area contributed by atoms with Crippen LogP contribution in [0.25, 0.3) is 0 Å². The monoisotopic (exact) mass is 249 g/mol. The summed E-state index contributed by atoms with van der Waals surface area (Å²) < 4.78 is 5.17. The maximum atomic E-state index is 11.8. The highest BCUT2D eigenvalue weighted by Gasteiger charge is 2.50. The summed E-state index contributed by atoms with van der Waals surface area (Å²) in [6.07, 6.45) is 1.61. The Labute approximate surface area is 105 Å². The fraction of sp³-hybridized carbons (Fsp3) is 0.462. The van der Waals surface area contributed by atoms with Gasteiger partial charge in [0.25, 0.3) is 0 Å². The molecule has 1 atom stereocenters. The average molecular weight is 249 g/mol. The molecule has 2 fully saturated rings. The van der Waals surface area contributed by atoms with E-state index in [4.69, 9.17) is 4.74 Å². The van der Waals surface area contributed by atoms with Crippen LogP contribution in [0.15, 0.2) is 24.3 Å². The Hall–Kier alpha value is -1.16. The number of nitrogens with zero attached hydrogens (tertiary/aromatic N) is 1. The molecule has 3 rings (SSSR count). The van der Waals surface area contributed by atoms with E-state index in [2.05, 4.69) is 12.1 Å². The summed E-state index contributed by atoms with van der Waals surface area (Å²) >= 11 is 1.90. The molecule has 4 heteroatoms. The minimum atomic E-state index is -0.0939. The summed E-state index contributed by atoms with van der Waals surface area (Å²) in [6.45, 7) is 0.884. The van der Waals surface area contributed by atoms with Gasteiger partial charge in [0.2, 0.25) is 5.91 Å². The summed E-state index contributed by atoms with van der Waals surface area (Å²) in [5.41, 5.74) is 1.23.